The zero-order chi connectivity index (χ0) is 36.7. The minimum absolute atomic E-state index is 0.0389. The molecule has 2 amide bonds. The number of H-pyrrole nitrogens is 2. The first-order valence-corrected chi connectivity index (χ1v) is 17.7. The number of imidazole rings is 2. The quantitative estimate of drug-likeness (QED) is 0.203. The number of nitrogens with zero attached hydrogens (tertiary/aromatic N) is 6. The lowest BCUT2D eigenvalue weighted by atomic mass is 10.1. The van der Waals surface area contributed by atoms with E-state index in [-0.39, 0.29) is 11.8 Å². The van der Waals surface area contributed by atoms with E-state index in [1.54, 1.807) is 31.9 Å². The van der Waals surface area contributed by atoms with Crippen LogP contribution < -0.4 is 4.74 Å². The molecule has 6 aromatic rings. The highest BCUT2D eigenvalue weighted by atomic mass is 16.5. The van der Waals surface area contributed by atoms with Crippen molar-refractivity contribution in [2.75, 3.05) is 59.5 Å². The standard InChI is InChI=1S/C20H20N4O3.C20H22N4O2/c25-19(16-5-6-17-18(11-16)22-13-21-17)24-9-7-23(8-10-24)12-14-1-3-15(4-2-14)20(26)27;1-26-17-5-2-15(3-6-17)13-23-8-10-24(11-9-23)20(25)16-4-7-18-19(12-16)22-14-21-18/h1-6,11,13H,7-10,12H2,(H,21,22)(H,26,27);2-7,12,14H,8-11,13H2,1H3,(H,21,22). The molecule has 2 fully saturated rings. The van der Waals surface area contributed by atoms with Crippen LogP contribution in [0.4, 0.5) is 0 Å². The molecule has 0 bridgehead atoms. The Hall–Kier alpha value is -6.05. The highest BCUT2D eigenvalue weighted by molar-refractivity contribution is 5.98. The number of aromatic amines is 2. The van der Waals surface area contributed by atoms with Crippen LogP contribution in [0.2, 0.25) is 0 Å². The van der Waals surface area contributed by atoms with Crippen molar-refractivity contribution in [2.24, 2.45) is 0 Å². The monoisotopic (exact) mass is 714 g/mol. The lowest BCUT2D eigenvalue weighted by Crippen LogP contribution is -2.48. The minimum atomic E-state index is -0.915. The second kappa shape index (κ2) is 16.1. The molecule has 0 unspecified atom stereocenters. The summed E-state index contributed by atoms with van der Waals surface area (Å²) in [5.74, 6) is 0.0861. The van der Waals surface area contributed by atoms with E-state index in [4.69, 9.17) is 9.84 Å². The van der Waals surface area contributed by atoms with Crippen molar-refractivity contribution in [3.8, 4) is 5.75 Å². The van der Waals surface area contributed by atoms with Crippen molar-refractivity contribution >= 4 is 39.9 Å². The Morgan fingerprint density at radius 2 is 1.02 bits per heavy atom. The third kappa shape index (κ3) is 8.54. The number of ether oxygens (including phenoxy) is 1. The van der Waals surface area contributed by atoms with Gasteiger partial charge in [0.2, 0.25) is 0 Å². The number of methoxy groups -OCH3 is 1. The van der Waals surface area contributed by atoms with Crippen LogP contribution in [0.5, 0.6) is 5.75 Å². The van der Waals surface area contributed by atoms with E-state index in [9.17, 15) is 14.4 Å². The predicted octanol–water partition coefficient (Wildman–Crippen LogP) is 4.75. The minimum Gasteiger partial charge on any atom is -0.497 e. The van der Waals surface area contributed by atoms with E-state index in [1.165, 1.54) is 5.56 Å². The SMILES string of the molecule is COc1ccc(CN2CCN(C(=O)c3ccc4nc[nH]c4c3)CC2)cc1.O=C(O)c1ccc(CN2CCN(C(=O)c3ccc4nc[nH]c4c3)CC2)cc1. The molecule has 2 aromatic heterocycles. The Morgan fingerprint density at radius 1 is 0.604 bits per heavy atom. The number of carboxylic acid groups (broad SMARTS) is 1. The van der Waals surface area contributed by atoms with E-state index in [2.05, 4.69) is 41.9 Å². The van der Waals surface area contributed by atoms with Crippen LogP contribution in [0.25, 0.3) is 22.1 Å². The van der Waals surface area contributed by atoms with Gasteiger partial charge in [-0.25, -0.2) is 14.8 Å². The highest BCUT2D eigenvalue weighted by Gasteiger charge is 2.24. The van der Waals surface area contributed by atoms with E-state index in [0.717, 1.165) is 85.7 Å². The number of nitrogens with one attached hydrogen (secondary N) is 2. The van der Waals surface area contributed by atoms with Gasteiger partial charge in [0, 0.05) is 76.6 Å². The van der Waals surface area contributed by atoms with Crippen LogP contribution in [0, 0.1) is 0 Å². The van der Waals surface area contributed by atoms with Gasteiger partial charge in [-0.15, -0.1) is 0 Å². The molecule has 53 heavy (non-hydrogen) atoms. The highest BCUT2D eigenvalue weighted by Crippen LogP contribution is 2.19. The van der Waals surface area contributed by atoms with Crippen molar-refractivity contribution < 1.29 is 24.2 Å². The van der Waals surface area contributed by atoms with Gasteiger partial charge in [-0.2, -0.15) is 0 Å². The van der Waals surface area contributed by atoms with Gasteiger partial charge in [0.15, 0.2) is 0 Å². The van der Waals surface area contributed by atoms with Gasteiger partial charge in [-0.1, -0.05) is 24.3 Å². The topological polar surface area (TPSA) is 151 Å². The van der Waals surface area contributed by atoms with Crippen molar-refractivity contribution in [1.82, 2.24) is 39.5 Å². The van der Waals surface area contributed by atoms with Gasteiger partial charge in [-0.05, 0) is 71.8 Å². The van der Waals surface area contributed by atoms with Gasteiger partial charge in [0.05, 0.1) is 47.4 Å². The Labute approximate surface area is 306 Å². The normalized spacial score (nSPS) is 15.3. The van der Waals surface area contributed by atoms with Crippen molar-refractivity contribution in [3.05, 3.63) is 125 Å². The van der Waals surface area contributed by atoms with Crippen LogP contribution in [-0.4, -0.2) is 122 Å². The number of rotatable bonds is 8. The summed E-state index contributed by atoms with van der Waals surface area (Å²) in [5.41, 5.74) is 7.51. The molecule has 272 valence electrons. The third-order valence-corrected chi connectivity index (χ3v) is 9.83. The van der Waals surface area contributed by atoms with E-state index >= 15 is 0 Å². The van der Waals surface area contributed by atoms with Gasteiger partial charge in [0.1, 0.15) is 5.75 Å². The van der Waals surface area contributed by atoms with E-state index in [0.29, 0.717) is 29.8 Å². The molecule has 13 heteroatoms. The first-order valence-electron chi connectivity index (χ1n) is 17.7. The smallest absolute Gasteiger partial charge is 0.335 e. The predicted molar refractivity (Wildman–Crippen MR) is 201 cm³/mol. The molecule has 2 saturated heterocycles. The summed E-state index contributed by atoms with van der Waals surface area (Å²) in [5, 5.41) is 8.97. The van der Waals surface area contributed by atoms with Crippen LogP contribution in [-0.2, 0) is 13.1 Å². The molecule has 2 aliphatic rings. The number of fused-ring (bicyclic) bond motifs is 2. The summed E-state index contributed by atoms with van der Waals surface area (Å²) < 4.78 is 5.20. The molecule has 13 nitrogen and oxygen atoms in total. The molecule has 0 radical (unpaired) electrons. The summed E-state index contributed by atoms with van der Waals surface area (Å²) in [6.45, 7) is 7.83. The zero-order valence-corrected chi connectivity index (χ0v) is 29.6. The molecule has 4 heterocycles. The molecule has 0 atom stereocenters. The number of aromatic carboxylic acids is 1. The molecule has 0 aliphatic carbocycles. The van der Waals surface area contributed by atoms with Gasteiger partial charge in [0.25, 0.3) is 11.8 Å². The van der Waals surface area contributed by atoms with E-state index in [1.807, 2.05) is 70.5 Å². The van der Waals surface area contributed by atoms with Crippen molar-refractivity contribution in [3.63, 3.8) is 0 Å². The van der Waals surface area contributed by atoms with Gasteiger partial charge >= 0.3 is 5.97 Å². The molecule has 8 rings (SSSR count). The third-order valence-electron chi connectivity index (χ3n) is 9.83. The average Bonchev–Trinajstić information content (AvgIpc) is 3.88. The summed E-state index contributed by atoms with van der Waals surface area (Å²) in [6.07, 6.45) is 3.28. The average molecular weight is 715 g/mol. The molecular weight excluding hydrogens is 672 g/mol. The number of aromatic nitrogens is 4. The Kier molecular flexibility index (Phi) is 10.7. The number of carbonyl (C=O) groups excluding carboxylic acids is 2. The number of hydrogen-bond acceptors (Lipinski definition) is 8. The Morgan fingerprint density at radius 3 is 1.43 bits per heavy atom. The first kappa shape index (κ1) is 35.4. The van der Waals surface area contributed by atoms with Crippen LogP contribution >= 0.6 is 0 Å². The van der Waals surface area contributed by atoms with Crippen LogP contribution in [0.15, 0.2) is 97.6 Å². The lowest BCUT2D eigenvalue weighted by Gasteiger charge is -2.34. The molecule has 2 aliphatic heterocycles. The summed E-state index contributed by atoms with van der Waals surface area (Å²) >= 11 is 0. The number of carboxylic acids is 1. The van der Waals surface area contributed by atoms with Crippen LogP contribution in [0.3, 0.4) is 0 Å². The number of piperazine rings is 2. The summed E-state index contributed by atoms with van der Waals surface area (Å²) in [6, 6.07) is 26.3. The maximum atomic E-state index is 12.8. The van der Waals surface area contributed by atoms with Crippen molar-refractivity contribution in [1.29, 1.82) is 0 Å². The summed E-state index contributed by atoms with van der Waals surface area (Å²) in [4.78, 5) is 59.4. The second-order valence-electron chi connectivity index (χ2n) is 13.3. The second-order valence-corrected chi connectivity index (χ2v) is 13.3. The van der Waals surface area contributed by atoms with Gasteiger partial charge in [-0.3, -0.25) is 19.4 Å². The zero-order valence-electron chi connectivity index (χ0n) is 29.6. The lowest BCUT2D eigenvalue weighted by molar-refractivity contribution is 0.0622. The molecule has 0 saturated carbocycles. The molecule has 4 aromatic carbocycles. The first-order chi connectivity index (χ1) is 25.8. The number of hydrogen-bond donors (Lipinski definition) is 3. The number of carbonyl (C=O) groups is 3. The Bertz CT molecular complexity index is 2180. The van der Waals surface area contributed by atoms with E-state index < -0.39 is 5.97 Å². The number of benzene rings is 4. The largest absolute Gasteiger partial charge is 0.497 e. The fraction of sp³-hybridized carbons (Fsp3) is 0.275. The maximum Gasteiger partial charge on any atom is 0.335 e. The molecule has 0 spiro atoms. The van der Waals surface area contributed by atoms with Crippen LogP contribution in [0.1, 0.15) is 42.2 Å². The fourth-order valence-corrected chi connectivity index (χ4v) is 6.72. The van der Waals surface area contributed by atoms with Crippen molar-refractivity contribution in [2.45, 2.75) is 13.1 Å². The van der Waals surface area contributed by atoms with Gasteiger partial charge < -0.3 is 29.6 Å². The fourth-order valence-electron chi connectivity index (χ4n) is 6.72. The summed E-state index contributed by atoms with van der Waals surface area (Å²) in [7, 11) is 1.68. The molecule has 3 N–H and O–H groups in total. The number of amides is 2. The maximum absolute atomic E-state index is 12.8. The molecular formula is C40H42N8O5. The Balaban J connectivity index is 0.000000164.